The third-order valence-electron chi connectivity index (χ3n) is 4.22. The summed E-state index contributed by atoms with van der Waals surface area (Å²) in [5, 5.41) is 3.09. The number of carbonyl (C=O) groups excluding carboxylic acids is 1. The zero-order valence-corrected chi connectivity index (χ0v) is 16.5. The van der Waals surface area contributed by atoms with Crippen molar-refractivity contribution in [3.8, 4) is 0 Å². The quantitative estimate of drug-likeness (QED) is 0.605. The molecule has 0 atom stereocenters. The van der Waals surface area contributed by atoms with Crippen LogP contribution in [0.4, 0.5) is 17.2 Å². The molecule has 0 unspecified atom stereocenters. The fourth-order valence-corrected chi connectivity index (χ4v) is 4.18. The Hall–Kier alpha value is -3.19. The Balaban J connectivity index is 1.80. The van der Waals surface area contributed by atoms with Crippen LogP contribution in [0.2, 0.25) is 0 Å². The minimum atomic E-state index is -3.70. The first-order valence-electron chi connectivity index (χ1n) is 8.83. The van der Waals surface area contributed by atoms with E-state index in [-0.39, 0.29) is 10.7 Å². The van der Waals surface area contributed by atoms with Crippen molar-refractivity contribution in [2.75, 3.05) is 16.2 Å². The van der Waals surface area contributed by atoms with Gasteiger partial charge in [0.25, 0.3) is 10.0 Å². The monoisotopic (exact) mass is 395 g/mol. The number of benzene rings is 2. The Morgan fingerprint density at radius 2 is 1.68 bits per heavy atom. The predicted molar refractivity (Wildman–Crippen MR) is 111 cm³/mol. The fraction of sp³-hybridized carbons (Fsp3) is 0.143. The van der Waals surface area contributed by atoms with Crippen molar-refractivity contribution in [1.29, 1.82) is 0 Å². The standard InChI is InChI=1S/C21H21N3O3S/c1-3-24(19-7-5-4-6-8-19)28(26,27)20-13-14-21(22-15-20)23-18-11-9-17(10-12-18)16(2)25/h4-15H,3H2,1-2H3,(H,22,23). The number of nitrogens with zero attached hydrogens (tertiary/aromatic N) is 2. The van der Waals surface area contributed by atoms with Crippen LogP contribution in [0.1, 0.15) is 24.2 Å². The number of rotatable bonds is 7. The van der Waals surface area contributed by atoms with Gasteiger partial charge in [0, 0.05) is 24.0 Å². The van der Waals surface area contributed by atoms with E-state index in [9.17, 15) is 13.2 Å². The number of Topliss-reactive ketones (excluding diaryl/α,β-unsaturated/α-hetero) is 1. The number of ketones is 1. The van der Waals surface area contributed by atoms with E-state index in [1.165, 1.54) is 23.5 Å². The first-order chi connectivity index (χ1) is 13.4. The number of aromatic nitrogens is 1. The Labute approximate surface area is 164 Å². The number of sulfonamides is 1. The second-order valence-electron chi connectivity index (χ2n) is 6.14. The normalized spacial score (nSPS) is 11.1. The molecule has 0 radical (unpaired) electrons. The summed E-state index contributed by atoms with van der Waals surface area (Å²) in [6.07, 6.45) is 1.34. The molecule has 28 heavy (non-hydrogen) atoms. The van der Waals surface area contributed by atoms with Gasteiger partial charge < -0.3 is 5.32 Å². The van der Waals surface area contributed by atoms with E-state index < -0.39 is 10.0 Å². The fourth-order valence-electron chi connectivity index (χ4n) is 2.76. The average molecular weight is 395 g/mol. The summed E-state index contributed by atoms with van der Waals surface area (Å²) in [4.78, 5) is 15.7. The summed E-state index contributed by atoms with van der Waals surface area (Å²) >= 11 is 0. The van der Waals surface area contributed by atoms with Crippen LogP contribution in [0.5, 0.6) is 0 Å². The van der Waals surface area contributed by atoms with E-state index in [1.54, 1.807) is 61.5 Å². The van der Waals surface area contributed by atoms with E-state index >= 15 is 0 Å². The zero-order chi connectivity index (χ0) is 20.1. The van der Waals surface area contributed by atoms with Gasteiger partial charge in [0.05, 0.1) is 5.69 Å². The highest BCUT2D eigenvalue weighted by atomic mass is 32.2. The van der Waals surface area contributed by atoms with E-state index in [1.807, 2.05) is 6.07 Å². The van der Waals surface area contributed by atoms with Crippen LogP contribution < -0.4 is 9.62 Å². The molecule has 144 valence electrons. The molecule has 0 bridgehead atoms. The third kappa shape index (κ3) is 4.20. The summed E-state index contributed by atoms with van der Waals surface area (Å²) in [7, 11) is -3.70. The van der Waals surface area contributed by atoms with Gasteiger partial charge in [-0.1, -0.05) is 18.2 Å². The molecule has 0 amide bonds. The van der Waals surface area contributed by atoms with Gasteiger partial charge in [-0.3, -0.25) is 9.10 Å². The molecule has 2 aromatic carbocycles. The largest absolute Gasteiger partial charge is 0.340 e. The van der Waals surface area contributed by atoms with Crippen molar-refractivity contribution >= 4 is 33.0 Å². The first kappa shape index (κ1) is 19.6. The number of para-hydroxylation sites is 1. The van der Waals surface area contributed by atoms with Gasteiger partial charge in [-0.15, -0.1) is 0 Å². The molecule has 0 fully saturated rings. The van der Waals surface area contributed by atoms with Crippen molar-refractivity contribution in [1.82, 2.24) is 4.98 Å². The van der Waals surface area contributed by atoms with E-state index in [0.29, 0.717) is 23.6 Å². The molecular weight excluding hydrogens is 374 g/mol. The summed E-state index contributed by atoms with van der Waals surface area (Å²) in [5.74, 6) is 0.510. The van der Waals surface area contributed by atoms with Crippen LogP contribution in [0.3, 0.4) is 0 Å². The average Bonchev–Trinajstić information content (AvgIpc) is 2.70. The van der Waals surface area contributed by atoms with Crippen molar-refractivity contribution in [3.05, 3.63) is 78.5 Å². The number of nitrogens with one attached hydrogen (secondary N) is 1. The summed E-state index contributed by atoms with van der Waals surface area (Å²) in [6, 6.07) is 19.1. The number of hydrogen-bond acceptors (Lipinski definition) is 5. The number of carbonyl (C=O) groups is 1. The summed E-state index contributed by atoms with van der Waals surface area (Å²) in [5.41, 5.74) is 1.99. The van der Waals surface area contributed by atoms with Crippen molar-refractivity contribution in [3.63, 3.8) is 0 Å². The van der Waals surface area contributed by atoms with E-state index in [0.717, 1.165) is 5.69 Å². The van der Waals surface area contributed by atoms with Crippen LogP contribution in [-0.2, 0) is 10.0 Å². The van der Waals surface area contributed by atoms with Crippen LogP contribution in [0.15, 0.2) is 77.8 Å². The molecule has 6 nitrogen and oxygen atoms in total. The Morgan fingerprint density at radius 3 is 2.21 bits per heavy atom. The van der Waals surface area contributed by atoms with Gasteiger partial charge in [0.2, 0.25) is 0 Å². The molecule has 1 aromatic heterocycles. The summed E-state index contributed by atoms with van der Waals surface area (Å²) in [6.45, 7) is 3.62. The Kier molecular flexibility index (Phi) is 5.75. The maximum absolute atomic E-state index is 13.0. The third-order valence-corrected chi connectivity index (χ3v) is 6.11. The molecule has 0 saturated heterocycles. The first-order valence-corrected chi connectivity index (χ1v) is 10.3. The zero-order valence-electron chi connectivity index (χ0n) is 15.7. The Bertz CT molecular complexity index is 1050. The molecule has 0 spiro atoms. The maximum Gasteiger partial charge on any atom is 0.265 e. The van der Waals surface area contributed by atoms with Gasteiger partial charge in [0.15, 0.2) is 5.78 Å². The number of anilines is 3. The molecule has 0 aliphatic heterocycles. The molecule has 0 aliphatic carbocycles. The van der Waals surface area contributed by atoms with Gasteiger partial charge in [-0.05, 0) is 62.4 Å². The minimum absolute atomic E-state index is 0.00173. The SMILES string of the molecule is CCN(c1ccccc1)S(=O)(=O)c1ccc(Nc2ccc(C(C)=O)cc2)nc1. The van der Waals surface area contributed by atoms with Gasteiger partial charge in [0.1, 0.15) is 10.7 Å². The molecule has 1 heterocycles. The molecule has 0 saturated carbocycles. The molecule has 3 rings (SSSR count). The maximum atomic E-state index is 13.0. The van der Waals surface area contributed by atoms with Crippen LogP contribution >= 0.6 is 0 Å². The van der Waals surface area contributed by atoms with Gasteiger partial charge in [-0.2, -0.15) is 0 Å². The topological polar surface area (TPSA) is 79.4 Å². The second kappa shape index (κ2) is 8.22. The number of pyridine rings is 1. The lowest BCUT2D eigenvalue weighted by atomic mass is 10.1. The molecule has 1 N–H and O–H groups in total. The van der Waals surface area contributed by atoms with Crippen LogP contribution in [0, 0.1) is 0 Å². The molecule has 3 aromatic rings. The Morgan fingerprint density at radius 1 is 1.00 bits per heavy atom. The lowest BCUT2D eigenvalue weighted by Gasteiger charge is -2.22. The molecule has 0 aliphatic rings. The lowest BCUT2D eigenvalue weighted by molar-refractivity contribution is 0.101. The predicted octanol–water partition coefficient (Wildman–Crippen LogP) is 4.24. The van der Waals surface area contributed by atoms with Gasteiger partial charge >= 0.3 is 0 Å². The molecular formula is C21H21N3O3S. The molecule has 7 heteroatoms. The highest BCUT2D eigenvalue weighted by Gasteiger charge is 2.23. The highest BCUT2D eigenvalue weighted by molar-refractivity contribution is 7.92. The van der Waals surface area contributed by atoms with Crippen molar-refractivity contribution < 1.29 is 13.2 Å². The second-order valence-corrected chi connectivity index (χ2v) is 8.01. The minimum Gasteiger partial charge on any atom is -0.340 e. The van der Waals surface area contributed by atoms with Crippen LogP contribution in [0.25, 0.3) is 0 Å². The van der Waals surface area contributed by atoms with Crippen molar-refractivity contribution in [2.45, 2.75) is 18.7 Å². The smallest absolute Gasteiger partial charge is 0.265 e. The van der Waals surface area contributed by atoms with Gasteiger partial charge in [-0.25, -0.2) is 13.4 Å². The summed E-state index contributed by atoms with van der Waals surface area (Å²) < 4.78 is 27.3. The number of hydrogen-bond donors (Lipinski definition) is 1. The van der Waals surface area contributed by atoms with Crippen LogP contribution in [-0.4, -0.2) is 25.7 Å². The highest BCUT2D eigenvalue weighted by Crippen LogP contribution is 2.24. The van der Waals surface area contributed by atoms with E-state index in [4.69, 9.17) is 0 Å². The van der Waals surface area contributed by atoms with Crippen molar-refractivity contribution in [2.24, 2.45) is 0 Å². The lowest BCUT2D eigenvalue weighted by Crippen LogP contribution is -2.30. The van der Waals surface area contributed by atoms with E-state index in [2.05, 4.69) is 10.3 Å².